The lowest BCUT2D eigenvalue weighted by atomic mass is 10.2. The summed E-state index contributed by atoms with van der Waals surface area (Å²) < 4.78 is 1.80. The summed E-state index contributed by atoms with van der Waals surface area (Å²) in [5.41, 5.74) is 0.932. The van der Waals surface area contributed by atoms with Crippen LogP contribution in [0.2, 0.25) is 5.02 Å². The van der Waals surface area contributed by atoms with Gasteiger partial charge in [0.1, 0.15) is 0 Å². The van der Waals surface area contributed by atoms with E-state index in [9.17, 15) is 4.79 Å². The second kappa shape index (κ2) is 5.00. The molecule has 78 valence electrons. The number of carbonyl (C=O) groups is 1. The van der Waals surface area contributed by atoms with Crippen molar-refractivity contribution in [3.8, 4) is 0 Å². The Hall–Kier alpha value is -1.03. The predicted molar refractivity (Wildman–Crippen MR) is 53.5 cm³/mol. The van der Waals surface area contributed by atoms with Gasteiger partial charge in [0.25, 0.3) is 0 Å². The molecule has 4 nitrogen and oxygen atoms in total. The molecule has 1 N–H and O–H groups in total. The molecular weight excluding hydrogens is 204 g/mol. The maximum Gasteiger partial charge on any atom is 0.303 e. The summed E-state index contributed by atoms with van der Waals surface area (Å²) in [7, 11) is 0. The molecule has 1 heterocycles. The highest BCUT2D eigenvalue weighted by Gasteiger charge is 2.03. The van der Waals surface area contributed by atoms with E-state index in [4.69, 9.17) is 16.7 Å². The first kappa shape index (κ1) is 11.0. The molecule has 0 atom stereocenters. The highest BCUT2D eigenvalue weighted by Crippen LogP contribution is 2.13. The van der Waals surface area contributed by atoms with Crippen molar-refractivity contribution in [2.24, 2.45) is 0 Å². The van der Waals surface area contributed by atoms with Crippen molar-refractivity contribution < 1.29 is 9.90 Å². The van der Waals surface area contributed by atoms with Crippen molar-refractivity contribution >= 4 is 17.6 Å². The fourth-order valence-electron chi connectivity index (χ4n) is 1.19. The average Bonchev–Trinajstić information content (AvgIpc) is 2.43. The molecule has 0 saturated heterocycles. The molecule has 0 aromatic carbocycles. The quantitative estimate of drug-likeness (QED) is 0.767. The average molecular weight is 217 g/mol. The minimum atomic E-state index is -0.750. The topological polar surface area (TPSA) is 55.1 Å². The van der Waals surface area contributed by atoms with Gasteiger partial charge in [-0.15, -0.1) is 0 Å². The second-order valence-electron chi connectivity index (χ2n) is 3.15. The molecule has 0 radical (unpaired) electrons. The Morgan fingerprint density at radius 3 is 2.86 bits per heavy atom. The summed E-state index contributed by atoms with van der Waals surface area (Å²) in [5, 5.41) is 13.2. The molecule has 14 heavy (non-hydrogen) atoms. The van der Waals surface area contributed by atoms with Crippen LogP contribution in [0.4, 0.5) is 0 Å². The summed E-state index contributed by atoms with van der Waals surface area (Å²) in [4.78, 5) is 10.2. The van der Waals surface area contributed by atoms with Gasteiger partial charge in [-0.05, 0) is 19.8 Å². The van der Waals surface area contributed by atoms with Gasteiger partial charge < -0.3 is 5.11 Å². The van der Waals surface area contributed by atoms with Crippen LogP contribution in [0.3, 0.4) is 0 Å². The lowest BCUT2D eigenvalue weighted by Crippen LogP contribution is -2.03. The predicted octanol–water partition coefficient (Wildman–Crippen LogP) is 2.10. The number of hydrogen-bond donors (Lipinski definition) is 1. The molecule has 0 fully saturated rings. The Balaban J connectivity index is 2.31. The Morgan fingerprint density at radius 2 is 2.36 bits per heavy atom. The number of rotatable bonds is 5. The lowest BCUT2D eigenvalue weighted by Gasteiger charge is -2.02. The molecular formula is C9H13ClN2O2. The van der Waals surface area contributed by atoms with E-state index in [2.05, 4.69) is 5.10 Å². The largest absolute Gasteiger partial charge is 0.481 e. The fraction of sp³-hybridized carbons (Fsp3) is 0.556. The Morgan fingerprint density at radius 1 is 1.64 bits per heavy atom. The summed E-state index contributed by atoms with van der Waals surface area (Å²) in [6.07, 6.45) is 3.31. The Bertz CT molecular complexity index is 323. The van der Waals surface area contributed by atoms with Crippen LogP contribution in [0.15, 0.2) is 6.20 Å². The normalized spacial score (nSPS) is 10.4. The van der Waals surface area contributed by atoms with Crippen molar-refractivity contribution in [2.75, 3.05) is 0 Å². The molecule has 5 heteroatoms. The molecule has 0 aliphatic carbocycles. The maximum atomic E-state index is 10.2. The Kier molecular flexibility index (Phi) is 3.95. The van der Waals surface area contributed by atoms with Crippen molar-refractivity contribution in [3.63, 3.8) is 0 Å². The van der Waals surface area contributed by atoms with Crippen LogP contribution in [0.1, 0.15) is 25.0 Å². The minimum Gasteiger partial charge on any atom is -0.481 e. The number of aliphatic carboxylic acids is 1. The van der Waals surface area contributed by atoms with Crippen molar-refractivity contribution in [3.05, 3.63) is 16.9 Å². The molecule has 0 spiro atoms. The van der Waals surface area contributed by atoms with Crippen LogP contribution in [-0.2, 0) is 11.3 Å². The van der Waals surface area contributed by atoms with Gasteiger partial charge in [-0.1, -0.05) is 11.6 Å². The van der Waals surface area contributed by atoms with Gasteiger partial charge >= 0.3 is 5.97 Å². The number of carboxylic acid groups (broad SMARTS) is 1. The summed E-state index contributed by atoms with van der Waals surface area (Å²) in [5.74, 6) is -0.750. The van der Waals surface area contributed by atoms with Crippen molar-refractivity contribution in [1.82, 2.24) is 9.78 Å². The summed E-state index contributed by atoms with van der Waals surface area (Å²) >= 11 is 5.82. The third-order valence-electron chi connectivity index (χ3n) is 2.05. The van der Waals surface area contributed by atoms with E-state index in [1.54, 1.807) is 10.9 Å². The van der Waals surface area contributed by atoms with Crippen LogP contribution >= 0.6 is 11.6 Å². The van der Waals surface area contributed by atoms with Gasteiger partial charge in [0, 0.05) is 13.0 Å². The first-order valence-corrected chi connectivity index (χ1v) is 4.88. The number of aryl methyl sites for hydroxylation is 1. The van der Waals surface area contributed by atoms with Crippen LogP contribution < -0.4 is 0 Å². The summed E-state index contributed by atoms with van der Waals surface area (Å²) in [6.45, 7) is 2.62. The zero-order valence-corrected chi connectivity index (χ0v) is 8.79. The molecule has 1 aromatic rings. The highest BCUT2D eigenvalue weighted by atomic mass is 35.5. The molecule has 0 aliphatic heterocycles. The highest BCUT2D eigenvalue weighted by molar-refractivity contribution is 6.31. The molecule has 1 aromatic heterocycles. The monoisotopic (exact) mass is 216 g/mol. The summed E-state index contributed by atoms with van der Waals surface area (Å²) in [6, 6.07) is 0. The number of carboxylic acids is 1. The molecule has 0 saturated carbocycles. The number of nitrogens with zero attached hydrogens (tertiary/aromatic N) is 2. The first-order valence-electron chi connectivity index (χ1n) is 4.51. The van der Waals surface area contributed by atoms with Gasteiger partial charge in [0.2, 0.25) is 0 Å². The fourth-order valence-corrected chi connectivity index (χ4v) is 1.33. The first-order chi connectivity index (χ1) is 6.61. The zero-order valence-electron chi connectivity index (χ0n) is 8.03. The molecule has 1 rings (SSSR count). The van der Waals surface area contributed by atoms with Crippen LogP contribution in [-0.4, -0.2) is 20.9 Å². The van der Waals surface area contributed by atoms with Gasteiger partial charge in [0.15, 0.2) is 0 Å². The molecule has 0 bridgehead atoms. The second-order valence-corrected chi connectivity index (χ2v) is 3.56. The van der Waals surface area contributed by atoms with E-state index in [1.165, 1.54) is 0 Å². The number of unbranched alkanes of at least 4 members (excludes halogenated alkanes) is 1. The number of halogens is 1. The van der Waals surface area contributed by atoms with Crippen molar-refractivity contribution in [1.29, 1.82) is 0 Å². The SMILES string of the molecule is Cc1c(Cl)cnn1CCCCC(=O)O. The van der Waals surface area contributed by atoms with Crippen LogP contribution in [0, 0.1) is 6.92 Å². The molecule has 0 aliphatic rings. The van der Waals surface area contributed by atoms with Gasteiger partial charge in [-0.3, -0.25) is 9.48 Å². The smallest absolute Gasteiger partial charge is 0.303 e. The number of hydrogen-bond acceptors (Lipinski definition) is 2. The third-order valence-corrected chi connectivity index (χ3v) is 2.42. The van der Waals surface area contributed by atoms with Gasteiger partial charge in [-0.2, -0.15) is 5.10 Å². The van der Waals surface area contributed by atoms with Gasteiger partial charge in [-0.25, -0.2) is 0 Å². The third kappa shape index (κ3) is 3.03. The molecule has 0 amide bonds. The van der Waals surface area contributed by atoms with Crippen molar-refractivity contribution in [2.45, 2.75) is 32.7 Å². The van der Waals surface area contributed by atoms with E-state index in [0.29, 0.717) is 11.4 Å². The van der Waals surface area contributed by atoms with E-state index in [1.807, 2.05) is 6.92 Å². The number of aromatic nitrogens is 2. The molecule has 0 unspecified atom stereocenters. The van der Waals surface area contributed by atoms with E-state index in [-0.39, 0.29) is 6.42 Å². The lowest BCUT2D eigenvalue weighted by molar-refractivity contribution is -0.137. The van der Waals surface area contributed by atoms with Gasteiger partial charge in [0.05, 0.1) is 16.9 Å². The van der Waals surface area contributed by atoms with E-state index in [0.717, 1.165) is 18.7 Å². The maximum absolute atomic E-state index is 10.2. The Labute approximate surface area is 87.5 Å². The minimum absolute atomic E-state index is 0.216. The van der Waals surface area contributed by atoms with E-state index >= 15 is 0 Å². The zero-order chi connectivity index (χ0) is 10.6. The van der Waals surface area contributed by atoms with E-state index < -0.39 is 5.97 Å². The standard InChI is InChI=1S/C9H13ClN2O2/c1-7-8(10)6-11-12(7)5-3-2-4-9(13)14/h6H,2-5H2,1H3,(H,13,14). The van der Waals surface area contributed by atoms with Crippen LogP contribution in [0.5, 0.6) is 0 Å². The van der Waals surface area contributed by atoms with Crippen LogP contribution in [0.25, 0.3) is 0 Å².